The summed E-state index contributed by atoms with van der Waals surface area (Å²) in [7, 11) is 4.64. The van der Waals surface area contributed by atoms with E-state index in [1.807, 2.05) is 31.2 Å². The van der Waals surface area contributed by atoms with E-state index in [9.17, 15) is 4.79 Å². The molecule has 2 N–H and O–H groups in total. The van der Waals surface area contributed by atoms with E-state index >= 15 is 0 Å². The topological polar surface area (TPSA) is 68.8 Å². The Balaban J connectivity index is 1.84. The largest absolute Gasteiger partial charge is 0.493 e. The predicted molar refractivity (Wildman–Crippen MR) is 122 cm³/mol. The number of ether oxygens (including phenoxy) is 3. The van der Waals surface area contributed by atoms with Crippen LogP contribution in [0.1, 0.15) is 47.2 Å². The summed E-state index contributed by atoms with van der Waals surface area (Å²) in [4.78, 5) is 12.0. The number of carbonyl (C=O) groups is 1. The molecule has 7 heteroatoms. The van der Waals surface area contributed by atoms with Crippen molar-refractivity contribution in [3.05, 3.63) is 53.1 Å². The minimum absolute atomic E-state index is 0.280. The second kappa shape index (κ2) is 9.34. The molecule has 1 aliphatic carbocycles. The first kappa shape index (κ1) is 21.9. The fourth-order valence-corrected chi connectivity index (χ4v) is 4.38. The van der Waals surface area contributed by atoms with E-state index in [0.717, 1.165) is 42.5 Å². The molecule has 0 bridgehead atoms. The quantitative estimate of drug-likeness (QED) is 0.516. The molecule has 6 nitrogen and oxygen atoms in total. The predicted octanol–water partition coefficient (Wildman–Crippen LogP) is 4.55. The van der Waals surface area contributed by atoms with Crippen LogP contribution in [-0.2, 0) is 10.3 Å². The summed E-state index contributed by atoms with van der Waals surface area (Å²) in [6.45, 7) is 1.87. The normalized spacial score (nSPS) is 14.7. The van der Waals surface area contributed by atoms with Crippen molar-refractivity contribution in [3.63, 3.8) is 0 Å². The number of benzene rings is 2. The highest BCUT2D eigenvalue weighted by atomic mass is 32.1. The Morgan fingerprint density at radius 3 is 2.37 bits per heavy atom. The van der Waals surface area contributed by atoms with Gasteiger partial charge >= 0.3 is 5.97 Å². The third kappa shape index (κ3) is 4.36. The molecule has 1 fully saturated rings. The second-order valence-corrected chi connectivity index (χ2v) is 7.82. The smallest absolute Gasteiger partial charge is 0.338 e. The van der Waals surface area contributed by atoms with Gasteiger partial charge < -0.3 is 24.8 Å². The number of hydrogen-bond acceptors (Lipinski definition) is 5. The first-order chi connectivity index (χ1) is 14.4. The number of anilines is 1. The molecular weight excluding hydrogens is 400 g/mol. The lowest BCUT2D eigenvalue weighted by molar-refractivity contribution is 0.0600. The summed E-state index contributed by atoms with van der Waals surface area (Å²) in [5.41, 5.74) is 2.91. The lowest BCUT2D eigenvalue weighted by atomic mass is 9.88. The van der Waals surface area contributed by atoms with Gasteiger partial charge in [-0.15, -0.1) is 0 Å². The zero-order chi connectivity index (χ0) is 21.7. The van der Waals surface area contributed by atoms with Gasteiger partial charge in [-0.25, -0.2) is 4.79 Å². The van der Waals surface area contributed by atoms with Gasteiger partial charge in [0.1, 0.15) is 0 Å². The molecule has 0 aliphatic heterocycles. The van der Waals surface area contributed by atoms with Crippen LogP contribution in [0.4, 0.5) is 5.69 Å². The zero-order valence-corrected chi connectivity index (χ0v) is 18.7. The average molecular weight is 429 g/mol. The highest BCUT2D eigenvalue weighted by Crippen LogP contribution is 2.42. The van der Waals surface area contributed by atoms with Gasteiger partial charge in [-0.05, 0) is 67.4 Å². The third-order valence-electron chi connectivity index (χ3n) is 5.73. The van der Waals surface area contributed by atoms with Gasteiger partial charge in [-0.1, -0.05) is 25.0 Å². The van der Waals surface area contributed by atoms with Gasteiger partial charge in [0, 0.05) is 5.69 Å². The van der Waals surface area contributed by atoms with Crippen LogP contribution in [0.15, 0.2) is 36.4 Å². The Morgan fingerprint density at radius 2 is 1.73 bits per heavy atom. The van der Waals surface area contributed by atoms with Crippen molar-refractivity contribution >= 4 is 29.0 Å². The van der Waals surface area contributed by atoms with Crippen molar-refractivity contribution < 1.29 is 19.0 Å². The second-order valence-electron chi connectivity index (χ2n) is 7.41. The Bertz CT molecular complexity index is 939. The molecule has 0 amide bonds. The van der Waals surface area contributed by atoms with Crippen LogP contribution < -0.4 is 20.1 Å². The molecule has 0 atom stereocenters. The van der Waals surface area contributed by atoms with Crippen LogP contribution in [0.25, 0.3) is 0 Å². The van der Waals surface area contributed by atoms with Crippen LogP contribution in [0.2, 0.25) is 0 Å². The number of thiocarbonyl (C=S) groups is 1. The van der Waals surface area contributed by atoms with E-state index in [2.05, 4.69) is 16.7 Å². The molecule has 160 valence electrons. The summed E-state index contributed by atoms with van der Waals surface area (Å²) < 4.78 is 15.7. The minimum atomic E-state index is -0.368. The summed E-state index contributed by atoms with van der Waals surface area (Å²) in [6, 6.07) is 11.5. The molecule has 0 unspecified atom stereocenters. The third-order valence-corrected chi connectivity index (χ3v) is 5.94. The molecule has 30 heavy (non-hydrogen) atoms. The fraction of sp³-hybridized carbons (Fsp3) is 0.391. The van der Waals surface area contributed by atoms with Crippen molar-refractivity contribution in [3.8, 4) is 11.5 Å². The number of rotatable bonds is 6. The Hall–Kier alpha value is -2.80. The molecule has 3 rings (SSSR count). The van der Waals surface area contributed by atoms with Crippen molar-refractivity contribution in [2.24, 2.45) is 0 Å². The van der Waals surface area contributed by atoms with Crippen LogP contribution in [0, 0.1) is 6.92 Å². The van der Waals surface area contributed by atoms with E-state index in [4.69, 9.17) is 26.4 Å². The van der Waals surface area contributed by atoms with Crippen molar-refractivity contribution in [2.45, 2.75) is 38.1 Å². The fourth-order valence-electron chi connectivity index (χ4n) is 4.07. The lowest BCUT2D eigenvalue weighted by Gasteiger charge is -2.33. The highest BCUT2D eigenvalue weighted by Gasteiger charge is 2.37. The van der Waals surface area contributed by atoms with Crippen LogP contribution >= 0.6 is 12.2 Å². The van der Waals surface area contributed by atoms with E-state index in [-0.39, 0.29) is 11.5 Å². The molecule has 0 saturated heterocycles. The molecular formula is C23H28N2O4S. The number of methoxy groups -OCH3 is 3. The summed E-state index contributed by atoms with van der Waals surface area (Å²) in [5, 5.41) is 7.31. The summed E-state index contributed by atoms with van der Waals surface area (Å²) in [6.07, 6.45) is 4.15. The SMILES string of the molecule is COC(=O)c1cccc(NC(=S)NC2(c3ccc(OC)c(OC)c3)CCCC2)c1C. The monoisotopic (exact) mass is 428 g/mol. The minimum Gasteiger partial charge on any atom is -0.493 e. The van der Waals surface area contributed by atoms with E-state index in [0.29, 0.717) is 22.2 Å². The summed E-state index contributed by atoms with van der Waals surface area (Å²) >= 11 is 5.66. The van der Waals surface area contributed by atoms with Gasteiger partial charge in [-0.2, -0.15) is 0 Å². The number of nitrogens with one attached hydrogen (secondary N) is 2. The van der Waals surface area contributed by atoms with Gasteiger partial charge in [0.25, 0.3) is 0 Å². The molecule has 1 aliphatic rings. The maximum atomic E-state index is 12.0. The van der Waals surface area contributed by atoms with Crippen molar-refractivity contribution in [1.82, 2.24) is 5.32 Å². The molecule has 0 heterocycles. The average Bonchev–Trinajstić information content (AvgIpc) is 3.23. The van der Waals surface area contributed by atoms with Crippen molar-refractivity contribution in [1.29, 1.82) is 0 Å². The molecule has 2 aromatic carbocycles. The van der Waals surface area contributed by atoms with Crippen LogP contribution in [0.5, 0.6) is 11.5 Å². The van der Waals surface area contributed by atoms with Gasteiger partial charge in [0.2, 0.25) is 0 Å². The number of esters is 1. The molecule has 0 spiro atoms. The highest BCUT2D eigenvalue weighted by molar-refractivity contribution is 7.80. The van der Waals surface area contributed by atoms with Gasteiger partial charge in [0.15, 0.2) is 16.6 Å². The van der Waals surface area contributed by atoms with E-state index in [1.165, 1.54) is 7.11 Å². The van der Waals surface area contributed by atoms with Crippen LogP contribution in [0.3, 0.4) is 0 Å². The Morgan fingerprint density at radius 1 is 1.03 bits per heavy atom. The standard InChI is InChI=1S/C23H28N2O4S/c1-15-17(21(26)29-4)8-7-9-18(15)24-22(30)25-23(12-5-6-13-23)16-10-11-19(27-2)20(14-16)28-3/h7-11,14H,5-6,12-13H2,1-4H3,(H2,24,25,30). The van der Waals surface area contributed by atoms with Gasteiger partial charge in [-0.3, -0.25) is 0 Å². The lowest BCUT2D eigenvalue weighted by Crippen LogP contribution is -2.45. The first-order valence-corrected chi connectivity index (χ1v) is 10.3. The van der Waals surface area contributed by atoms with E-state index in [1.54, 1.807) is 20.3 Å². The number of carbonyl (C=O) groups excluding carboxylic acids is 1. The zero-order valence-electron chi connectivity index (χ0n) is 17.8. The molecule has 0 aromatic heterocycles. The molecule has 2 aromatic rings. The maximum absolute atomic E-state index is 12.0. The Kier molecular flexibility index (Phi) is 6.82. The summed E-state index contributed by atoms with van der Waals surface area (Å²) in [5.74, 6) is 1.03. The molecule has 1 saturated carbocycles. The Labute approximate surface area is 182 Å². The van der Waals surface area contributed by atoms with Crippen LogP contribution in [-0.4, -0.2) is 32.4 Å². The first-order valence-electron chi connectivity index (χ1n) is 9.93. The van der Waals surface area contributed by atoms with Crippen molar-refractivity contribution in [2.75, 3.05) is 26.6 Å². The van der Waals surface area contributed by atoms with E-state index < -0.39 is 0 Å². The number of hydrogen-bond donors (Lipinski definition) is 2. The molecule has 0 radical (unpaired) electrons. The van der Waals surface area contributed by atoms with Gasteiger partial charge in [0.05, 0.1) is 32.4 Å². The maximum Gasteiger partial charge on any atom is 0.338 e.